The summed E-state index contributed by atoms with van der Waals surface area (Å²) < 4.78 is 4.71. The van der Waals surface area contributed by atoms with E-state index in [-0.39, 0.29) is 17.9 Å². The molecule has 0 spiro atoms. The fraction of sp³-hybridized carbons (Fsp3) is 0.391. The predicted molar refractivity (Wildman–Crippen MR) is 114 cm³/mol. The highest BCUT2D eigenvalue weighted by Gasteiger charge is 2.30. The first-order valence-electron chi connectivity index (χ1n) is 9.99. The van der Waals surface area contributed by atoms with Crippen molar-refractivity contribution >= 4 is 23.5 Å². The van der Waals surface area contributed by atoms with Crippen LogP contribution in [0.1, 0.15) is 40.7 Å². The number of rotatable bonds is 9. The van der Waals surface area contributed by atoms with E-state index in [0.717, 1.165) is 48.5 Å². The number of halogens is 1. The van der Waals surface area contributed by atoms with Crippen LogP contribution in [0, 0.1) is 0 Å². The molecule has 2 aromatic carbocycles. The molecular formula is C23H27ClN2O3. The van der Waals surface area contributed by atoms with Gasteiger partial charge in [0.05, 0.1) is 12.7 Å². The lowest BCUT2D eigenvalue weighted by Gasteiger charge is -2.25. The first-order chi connectivity index (χ1) is 14.1. The molecule has 0 aliphatic carbocycles. The van der Waals surface area contributed by atoms with Gasteiger partial charge in [-0.15, -0.1) is 0 Å². The molecule has 0 saturated carbocycles. The maximum atomic E-state index is 12.3. The quantitative estimate of drug-likeness (QED) is 0.500. The molecule has 1 N–H and O–H groups in total. The molecule has 29 heavy (non-hydrogen) atoms. The van der Waals surface area contributed by atoms with Crippen molar-refractivity contribution in [3.05, 3.63) is 70.2 Å². The van der Waals surface area contributed by atoms with Gasteiger partial charge in [-0.2, -0.15) is 0 Å². The fourth-order valence-electron chi connectivity index (χ4n) is 3.72. The van der Waals surface area contributed by atoms with Crippen LogP contribution in [0.2, 0.25) is 5.02 Å². The Labute approximate surface area is 177 Å². The van der Waals surface area contributed by atoms with Gasteiger partial charge in [0.2, 0.25) is 5.91 Å². The second-order valence-corrected chi connectivity index (χ2v) is 7.68. The number of hydrogen-bond acceptors (Lipinski definition) is 4. The van der Waals surface area contributed by atoms with Gasteiger partial charge in [-0.25, -0.2) is 4.79 Å². The van der Waals surface area contributed by atoms with Gasteiger partial charge in [0.15, 0.2) is 0 Å². The molecule has 0 bridgehead atoms. The van der Waals surface area contributed by atoms with Crippen LogP contribution >= 0.6 is 11.6 Å². The Morgan fingerprint density at radius 2 is 1.97 bits per heavy atom. The molecule has 1 atom stereocenters. The zero-order valence-corrected chi connectivity index (χ0v) is 17.5. The number of amides is 1. The molecule has 3 rings (SSSR count). The minimum atomic E-state index is -0.327. The van der Waals surface area contributed by atoms with Crippen molar-refractivity contribution in [2.24, 2.45) is 0 Å². The molecule has 154 valence electrons. The van der Waals surface area contributed by atoms with Crippen LogP contribution in [-0.4, -0.2) is 43.0 Å². The molecular weight excluding hydrogens is 388 g/mol. The Morgan fingerprint density at radius 3 is 2.69 bits per heavy atom. The predicted octanol–water partition coefficient (Wildman–Crippen LogP) is 3.84. The molecule has 0 unspecified atom stereocenters. The number of carbonyl (C=O) groups is 2. The molecule has 1 aliphatic heterocycles. The smallest absolute Gasteiger partial charge is 0.337 e. The molecule has 1 amide bonds. The van der Waals surface area contributed by atoms with E-state index in [2.05, 4.69) is 5.32 Å². The van der Waals surface area contributed by atoms with Crippen molar-refractivity contribution in [3.8, 4) is 0 Å². The zero-order chi connectivity index (χ0) is 20.6. The number of methoxy groups -OCH3 is 1. The summed E-state index contributed by atoms with van der Waals surface area (Å²) in [5.41, 5.74) is 2.74. The summed E-state index contributed by atoms with van der Waals surface area (Å²) in [7, 11) is 1.38. The minimum Gasteiger partial charge on any atom is -0.465 e. The SMILES string of the molecule is COC(=O)c1ccc(CNCC[C@H]2CCC(=O)N2CCc2ccccc2Cl)cc1. The third-order valence-corrected chi connectivity index (χ3v) is 5.76. The van der Waals surface area contributed by atoms with Crippen LogP contribution in [-0.2, 0) is 22.5 Å². The summed E-state index contributed by atoms with van der Waals surface area (Å²) in [5.74, 6) is -0.0901. The average Bonchev–Trinajstić information content (AvgIpc) is 3.10. The summed E-state index contributed by atoms with van der Waals surface area (Å²) in [6.07, 6.45) is 3.25. The first-order valence-corrected chi connectivity index (χ1v) is 10.4. The van der Waals surface area contributed by atoms with Crippen molar-refractivity contribution in [1.82, 2.24) is 10.2 Å². The number of benzene rings is 2. The lowest BCUT2D eigenvalue weighted by Crippen LogP contribution is -2.36. The number of hydrogen-bond donors (Lipinski definition) is 1. The Kier molecular flexibility index (Phi) is 7.67. The molecule has 1 fully saturated rings. The lowest BCUT2D eigenvalue weighted by molar-refractivity contribution is -0.129. The van der Waals surface area contributed by atoms with E-state index in [1.54, 1.807) is 12.1 Å². The Morgan fingerprint density at radius 1 is 1.21 bits per heavy atom. The largest absolute Gasteiger partial charge is 0.465 e. The minimum absolute atomic E-state index is 0.237. The normalized spacial score (nSPS) is 16.3. The molecule has 2 aromatic rings. The van der Waals surface area contributed by atoms with Crippen LogP contribution in [0.25, 0.3) is 0 Å². The van der Waals surface area contributed by atoms with Gasteiger partial charge in [-0.05, 0) is 55.1 Å². The number of likely N-dealkylation sites (tertiary alicyclic amines) is 1. The van der Waals surface area contributed by atoms with Gasteiger partial charge < -0.3 is 15.0 Å². The Bertz CT molecular complexity index is 838. The maximum Gasteiger partial charge on any atom is 0.337 e. The Balaban J connectivity index is 1.44. The topological polar surface area (TPSA) is 58.6 Å². The number of carbonyl (C=O) groups excluding carboxylic acids is 2. The van der Waals surface area contributed by atoms with Crippen molar-refractivity contribution in [2.45, 2.75) is 38.3 Å². The van der Waals surface area contributed by atoms with E-state index in [1.807, 2.05) is 41.3 Å². The Hall–Kier alpha value is -2.37. The highest BCUT2D eigenvalue weighted by molar-refractivity contribution is 6.31. The molecule has 1 aliphatic rings. The van der Waals surface area contributed by atoms with Crippen LogP contribution in [0.3, 0.4) is 0 Å². The zero-order valence-electron chi connectivity index (χ0n) is 16.7. The maximum absolute atomic E-state index is 12.3. The van der Waals surface area contributed by atoms with Gasteiger partial charge in [-0.1, -0.05) is 41.9 Å². The molecule has 1 saturated heterocycles. The van der Waals surface area contributed by atoms with E-state index < -0.39 is 0 Å². The summed E-state index contributed by atoms with van der Waals surface area (Å²) >= 11 is 6.24. The highest BCUT2D eigenvalue weighted by atomic mass is 35.5. The van der Waals surface area contributed by atoms with Crippen LogP contribution < -0.4 is 5.32 Å². The van der Waals surface area contributed by atoms with Crippen molar-refractivity contribution < 1.29 is 14.3 Å². The number of ether oxygens (including phenoxy) is 1. The van der Waals surface area contributed by atoms with E-state index in [0.29, 0.717) is 18.5 Å². The second-order valence-electron chi connectivity index (χ2n) is 7.27. The van der Waals surface area contributed by atoms with Crippen molar-refractivity contribution in [2.75, 3.05) is 20.2 Å². The monoisotopic (exact) mass is 414 g/mol. The summed E-state index contributed by atoms with van der Waals surface area (Å²) in [4.78, 5) is 25.8. The van der Waals surface area contributed by atoms with Gasteiger partial charge in [0, 0.05) is 30.6 Å². The van der Waals surface area contributed by atoms with Gasteiger partial charge >= 0.3 is 5.97 Å². The van der Waals surface area contributed by atoms with E-state index in [4.69, 9.17) is 16.3 Å². The van der Waals surface area contributed by atoms with Gasteiger partial charge in [0.1, 0.15) is 0 Å². The van der Waals surface area contributed by atoms with Crippen LogP contribution in [0.15, 0.2) is 48.5 Å². The number of nitrogens with zero attached hydrogens (tertiary/aromatic N) is 1. The van der Waals surface area contributed by atoms with E-state index in [1.165, 1.54) is 7.11 Å². The average molecular weight is 415 g/mol. The van der Waals surface area contributed by atoms with Gasteiger partial charge in [-0.3, -0.25) is 4.79 Å². The summed E-state index contributed by atoms with van der Waals surface area (Å²) in [6.45, 7) is 2.27. The summed E-state index contributed by atoms with van der Waals surface area (Å²) in [5, 5.41) is 4.19. The van der Waals surface area contributed by atoms with Crippen molar-refractivity contribution in [1.29, 1.82) is 0 Å². The summed E-state index contributed by atoms with van der Waals surface area (Å²) in [6, 6.07) is 15.5. The van der Waals surface area contributed by atoms with E-state index >= 15 is 0 Å². The van der Waals surface area contributed by atoms with Gasteiger partial charge in [0.25, 0.3) is 0 Å². The molecule has 6 heteroatoms. The fourth-order valence-corrected chi connectivity index (χ4v) is 3.95. The third-order valence-electron chi connectivity index (χ3n) is 5.39. The first kappa shape index (κ1) is 21.3. The number of nitrogens with one attached hydrogen (secondary N) is 1. The molecule has 5 nitrogen and oxygen atoms in total. The molecule has 0 aromatic heterocycles. The molecule has 0 radical (unpaired) electrons. The third kappa shape index (κ3) is 5.81. The van der Waals surface area contributed by atoms with Crippen LogP contribution in [0.4, 0.5) is 0 Å². The lowest BCUT2D eigenvalue weighted by atomic mass is 10.1. The van der Waals surface area contributed by atoms with Crippen molar-refractivity contribution in [3.63, 3.8) is 0 Å². The highest BCUT2D eigenvalue weighted by Crippen LogP contribution is 2.23. The number of esters is 1. The standard InChI is InChI=1S/C23H27ClN2O3/c1-29-23(28)19-8-6-17(7-9-19)16-25-14-12-20-10-11-22(27)26(20)15-13-18-4-2-3-5-21(18)24/h2-9,20,25H,10-16H2,1H3/t20-/m1/s1. The second kappa shape index (κ2) is 10.4. The van der Waals surface area contributed by atoms with Crippen LogP contribution in [0.5, 0.6) is 0 Å². The van der Waals surface area contributed by atoms with E-state index in [9.17, 15) is 9.59 Å². The molecule has 1 heterocycles.